The molecule has 1 saturated carbocycles. The topological polar surface area (TPSA) is 61.4 Å². The Hall–Kier alpha value is -1.69. The first-order valence-corrected chi connectivity index (χ1v) is 7.73. The van der Waals surface area contributed by atoms with Crippen LogP contribution < -0.4 is 5.32 Å². The molecule has 1 aliphatic heterocycles. The normalized spacial score (nSPS) is 21.8. The van der Waals surface area contributed by atoms with Crippen LogP contribution in [0.5, 0.6) is 0 Å². The van der Waals surface area contributed by atoms with E-state index in [1.807, 2.05) is 4.90 Å². The monoisotopic (exact) mass is 289 g/mol. The van der Waals surface area contributed by atoms with Crippen molar-refractivity contribution < 1.29 is 4.79 Å². The Morgan fingerprint density at radius 1 is 1.38 bits per heavy atom. The van der Waals surface area contributed by atoms with Crippen molar-refractivity contribution in [3.05, 3.63) is 18.3 Å². The van der Waals surface area contributed by atoms with E-state index >= 15 is 0 Å². The van der Waals surface area contributed by atoms with Gasteiger partial charge in [0.05, 0.1) is 0 Å². The van der Waals surface area contributed by atoms with Crippen LogP contribution in [0.25, 0.3) is 0 Å². The molecule has 2 amide bonds. The number of hydrogen-bond donors (Lipinski definition) is 1. The van der Waals surface area contributed by atoms with E-state index in [0.717, 1.165) is 32.0 Å². The molecule has 1 atom stereocenters. The molecule has 3 rings (SSSR count). The molecule has 0 spiro atoms. The molecule has 0 radical (unpaired) electrons. The van der Waals surface area contributed by atoms with Gasteiger partial charge in [0, 0.05) is 32.4 Å². The number of anilines is 1. The molecule has 0 bridgehead atoms. The van der Waals surface area contributed by atoms with Crippen molar-refractivity contribution in [1.82, 2.24) is 20.0 Å². The van der Waals surface area contributed by atoms with Gasteiger partial charge in [0.15, 0.2) is 5.82 Å². The third kappa shape index (κ3) is 4.14. The van der Waals surface area contributed by atoms with Crippen molar-refractivity contribution in [2.75, 3.05) is 38.5 Å². The van der Waals surface area contributed by atoms with E-state index in [4.69, 9.17) is 0 Å². The van der Waals surface area contributed by atoms with Gasteiger partial charge in [-0.15, -0.1) is 5.10 Å². The third-order valence-electron chi connectivity index (χ3n) is 4.22. The standard InChI is InChI=1S/C15H23N5O/c1-19(9-12-4-5-12)10-13-6-8-20(11-13)15(21)17-14-3-2-7-16-18-14/h2-3,7,12-13H,4-6,8-11H2,1H3,(H,17,18,21). The zero-order valence-electron chi connectivity index (χ0n) is 12.5. The maximum absolute atomic E-state index is 12.2. The van der Waals surface area contributed by atoms with Crippen molar-refractivity contribution in [3.8, 4) is 0 Å². The average Bonchev–Trinajstić information content (AvgIpc) is 3.15. The summed E-state index contributed by atoms with van der Waals surface area (Å²) in [5.41, 5.74) is 0. The predicted molar refractivity (Wildman–Crippen MR) is 81.0 cm³/mol. The first-order chi connectivity index (χ1) is 10.2. The van der Waals surface area contributed by atoms with Crippen molar-refractivity contribution >= 4 is 11.8 Å². The van der Waals surface area contributed by atoms with Crippen LogP contribution in [-0.4, -0.2) is 59.3 Å². The van der Waals surface area contributed by atoms with Gasteiger partial charge < -0.3 is 9.80 Å². The number of likely N-dealkylation sites (tertiary alicyclic amines) is 1. The average molecular weight is 289 g/mol. The van der Waals surface area contributed by atoms with Gasteiger partial charge in [-0.25, -0.2) is 4.79 Å². The zero-order chi connectivity index (χ0) is 14.7. The number of carbonyl (C=O) groups excluding carboxylic acids is 1. The van der Waals surface area contributed by atoms with Crippen molar-refractivity contribution in [3.63, 3.8) is 0 Å². The molecule has 6 nitrogen and oxygen atoms in total. The van der Waals surface area contributed by atoms with Crippen molar-refractivity contribution in [2.24, 2.45) is 11.8 Å². The zero-order valence-corrected chi connectivity index (χ0v) is 12.5. The molecule has 2 aliphatic rings. The fourth-order valence-electron chi connectivity index (χ4n) is 2.98. The summed E-state index contributed by atoms with van der Waals surface area (Å²) in [5, 5.41) is 10.4. The second kappa shape index (κ2) is 6.39. The van der Waals surface area contributed by atoms with E-state index in [0.29, 0.717) is 11.7 Å². The number of nitrogens with one attached hydrogen (secondary N) is 1. The summed E-state index contributed by atoms with van der Waals surface area (Å²) in [4.78, 5) is 16.5. The molecule has 6 heteroatoms. The van der Waals surface area contributed by atoms with Crippen LogP contribution in [-0.2, 0) is 0 Å². The maximum atomic E-state index is 12.2. The van der Waals surface area contributed by atoms with Crippen molar-refractivity contribution in [1.29, 1.82) is 0 Å². The fourth-order valence-corrected chi connectivity index (χ4v) is 2.98. The van der Waals surface area contributed by atoms with Crippen LogP contribution in [0, 0.1) is 11.8 Å². The number of urea groups is 1. The SMILES string of the molecule is CN(CC1CC1)CC1CCN(C(=O)Nc2cccnn2)C1. The Balaban J connectivity index is 1.44. The van der Waals surface area contributed by atoms with E-state index < -0.39 is 0 Å². The maximum Gasteiger partial charge on any atom is 0.323 e. The molecule has 1 aromatic heterocycles. The molecular formula is C15H23N5O. The minimum atomic E-state index is -0.0668. The van der Waals surface area contributed by atoms with Crippen LogP contribution in [0.1, 0.15) is 19.3 Å². The number of nitrogens with zero attached hydrogens (tertiary/aromatic N) is 4. The second-order valence-electron chi connectivity index (χ2n) is 6.30. The number of amides is 2. The predicted octanol–water partition coefficient (Wildman–Crippen LogP) is 1.67. The number of aromatic nitrogens is 2. The molecular weight excluding hydrogens is 266 g/mol. The van der Waals surface area contributed by atoms with E-state index in [1.54, 1.807) is 18.3 Å². The molecule has 1 N–H and O–H groups in total. The smallest absolute Gasteiger partial charge is 0.323 e. The lowest BCUT2D eigenvalue weighted by atomic mass is 10.1. The highest BCUT2D eigenvalue weighted by Crippen LogP contribution is 2.30. The van der Waals surface area contributed by atoms with Crippen LogP contribution in [0.15, 0.2) is 18.3 Å². The summed E-state index contributed by atoms with van der Waals surface area (Å²) in [6, 6.07) is 3.45. The van der Waals surface area contributed by atoms with Gasteiger partial charge in [0.25, 0.3) is 0 Å². The van der Waals surface area contributed by atoms with Gasteiger partial charge in [0.1, 0.15) is 0 Å². The van der Waals surface area contributed by atoms with Gasteiger partial charge in [-0.3, -0.25) is 5.32 Å². The molecule has 2 fully saturated rings. The highest BCUT2D eigenvalue weighted by Gasteiger charge is 2.29. The summed E-state index contributed by atoms with van der Waals surface area (Å²) >= 11 is 0. The quantitative estimate of drug-likeness (QED) is 0.895. The molecule has 0 aromatic carbocycles. The van der Waals surface area contributed by atoms with Crippen LogP contribution in [0.4, 0.5) is 10.6 Å². The van der Waals surface area contributed by atoms with E-state index in [9.17, 15) is 4.79 Å². The van der Waals surface area contributed by atoms with Crippen molar-refractivity contribution in [2.45, 2.75) is 19.3 Å². The van der Waals surface area contributed by atoms with E-state index in [2.05, 4.69) is 27.5 Å². The summed E-state index contributed by atoms with van der Waals surface area (Å²) in [6.45, 7) is 3.96. The summed E-state index contributed by atoms with van der Waals surface area (Å²) < 4.78 is 0. The number of hydrogen-bond acceptors (Lipinski definition) is 4. The lowest BCUT2D eigenvalue weighted by molar-refractivity contribution is 0.216. The minimum Gasteiger partial charge on any atom is -0.324 e. The first-order valence-electron chi connectivity index (χ1n) is 7.73. The molecule has 114 valence electrons. The van der Waals surface area contributed by atoms with Gasteiger partial charge in [-0.2, -0.15) is 5.10 Å². The van der Waals surface area contributed by atoms with E-state index in [1.165, 1.54) is 19.4 Å². The Bertz CT molecular complexity index is 476. The lowest BCUT2D eigenvalue weighted by Crippen LogP contribution is -2.35. The molecule has 1 saturated heterocycles. The van der Waals surface area contributed by atoms with Gasteiger partial charge >= 0.3 is 6.03 Å². The second-order valence-corrected chi connectivity index (χ2v) is 6.30. The third-order valence-corrected chi connectivity index (χ3v) is 4.22. The van der Waals surface area contributed by atoms with Gasteiger partial charge in [-0.1, -0.05) is 0 Å². The van der Waals surface area contributed by atoms with Crippen LogP contribution >= 0.6 is 0 Å². The Labute approximate surface area is 125 Å². The number of carbonyl (C=O) groups is 1. The van der Waals surface area contributed by atoms with Crippen LogP contribution in [0.3, 0.4) is 0 Å². The molecule has 21 heavy (non-hydrogen) atoms. The number of rotatable bonds is 5. The molecule has 1 aliphatic carbocycles. The van der Waals surface area contributed by atoms with Crippen LogP contribution in [0.2, 0.25) is 0 Å². The highest BCUT2D eigenvalue weighted by atomic mass is 16.2. The van der Waals surface area contributed by atoms with E-state index in [-0.39, 0.29) is 6.03 Å². The summed E-state index contributed by atoms with van der Waals surface area (Å²) in [6.07, 6.45) is 5.46. The fraction of sp³-hybridized carbons (Fsp3) is 0.667. The van der Waals surface area contributed by atoms with Gasteiger partial charge in [0.2, 0.25) is 0 Å². The molecule has 1 aromatic rings. The Morgan fingerprint density at radius 2 is 2.19 bits per heavy atom. The summed E-state index contributed by atoms with van der Waals surface area (Å²) in [5.74, 6) is 2.02. The lowest BCUT2D eigenvalue weighted by Gasteiger charge is -2.21. The molecule has 1 unspecified atom stereocenters. The Kier molecular flexibility index (Phi) is 4.34. The first kappa shape index (κ1) is 14.3. The van der Waals surface area contributed by atoms with Gasteiger partial charge in [-0.05, 0) is 50.3 Å². The largest absolute Gasteiger partial charge is 0.324 e. The minimum absolute atomic E-state index is 0.0668. The highest BCUT2D eigenvalue weighted by molar-refractivity contribution is 5.88. The summed E-state index contributed by atoms with van der Waals surface area (Å²) in [7, 11) is 2.20. The Morgan fingerprint density at radius 3 is 2.90 bits per heavy atom. The molecule has 2 heterocycles.